The van der Waals surface area contributed by atoms with Crippen LogP contribution in [0.5, 0.6) is 0 Å². The largest absolute Gasteiger partial charge is 0.328 e. The summed E-state index contributed by atoms with van der Waals surface area (Å²) in [5, 5.41) is 0.761. The van der Waals surface area contributed by atoms with Crippen molar-refractivity contribution in [1.29, 1.82) is 0 Å². The van der Waals surface area contributed by atoms with E-state index in [0.29, 0.717) is 0 Å². The quantitative estimate of drug-likeness (QED) is 0.933. The molecule has 4 heteroatoms. The Morgan fingerprint density at radius 1 is 1.37 bits per heavy atom. The molecule has 1 aliphatic carbocycles. The topological polar surface area (TPSA) is 43.8 Å². The van der Waals surface area contributed by atoms with Gasteiger partial charge in [0.1, 0.15) is 5.82 Å². The van der Waals surface area contributed by atoms with Crippen LogP contribution >= 0.6 is 11.6 Å². The second-order valence-corrected chi connectivity index (χ2v) is 6.09. The average Bonchev–Trinajstić information content (AvgIpc) is 2.93. The molecule has 102 valence electrons. The summed E-state index contributed by atoms with van der Waals surface area (Å²) >= 11 is 6.09. The molecule has 2 aromatic rings. The number of hydrogen-bond acceptors (Lipinski definition) is 2. The van der Waals surface area contributed by atoms with Gasteiger partial charge in [0, 0.05) is 23.5 Å². The highest BCUT2D eigenvalue weighted by Gasteiger charge is 2.31. The van der Waals surface area contributed by atoms with Crippen LogP contribution in [0.2, 0.25) is 5.02 Å². The molecule has 1 fully saturated rings. The molecule has 0 saturated heterocycles. The Kier molecular flexibility index (Phi) is 3.27. The highest BCUT2D eigenvalue weighted by atomic mass is 35.5. The van der Waals surface area contributed by atoms with E-state index in [1.807, 2.05) is 18.2 Å². The van der Waals surface area contributed by atoms with Gasteiger partial charge in [0.15, 0.2) is 0 Å². The standard InChI is InChI=1S/C15H20ClN3/c1-2-19-13-9-11(16)5-6-12(13)18-14(19)10-15(17)7-3-4-8-15/h5-6,9H,2-4,7-8,10,17H2,1H3. The minimum absolute atomic E-state index is 0.0574. The van der Waals surface area contributed by atoms with Crippen LogP contribution in [-0.4, -0.2) is 15.1 Å². The van der Waals surface area contributed by atoms with Gasteiger partial charge in [-0.05, 0) is 38.0 Å². The van der Waals surface area contributed by atoms with Crippen LogP contribution < -0.4 is 5.73 Å². The minimum atomic E-state index is -0.0574. The molecule has 3 rings (SSSR count). The zero-order valence-corrected chi connectivity index (χ0v) is 12.1. The monoisotopic (exact) mass is 277 g/mol. The Hall–Kier alpha value is -1.06. The van der Waals surface area contributed by atoms with Gasteiger partial charge in [0.05, 0.1) is 11.0 Å². The number of hydrogen-bond donors (Lipinski definition) is 1. The number of aromatic nitrogens is 2. The SMILES string of the molecule is CCn1c(CC2(N)CCCC2)nc2ccc(Cl)cc21. The summed E-state index contributed by atoms with van der Waals surface area (Å²) in [7, 11) is 0. The van der Waals surface area contributed by atoms with Crippen LogP contribution in [0.4, 0.5) is 0 Å². The van der Waals surface area contributed by atoms with E-state index in [2.05, 4.69) is 11.5 Å². The third-order valence-corrected chi connectivity index (χ3v) is 4.45. The van der Waals surface area contributed by atoms with Gasteiger partial charge in [-0.3, -0.25) is 0 Å². The summed E-state index contributed by atoms with van der Waals surface area (Å²) in [5.74, 6) is 1.10. The van der Waals surface area contributed by atoms with Gasteiger partial charge in [0.2, 0.25) is 0 Å². The van der Waals surface area contributed by atoms with E-state index in [4.69, 9.17) is 22.3 Å². The molecule has 0 spiro atoms. The molecule has 1 heterocycles. The van der Waals surface area contributed by atoms with Gasteiger partial charge in [-0.15, -0.1) is 0 Å². The predicted octanol–water partition coefficient (Wildman–Crippen LogP) is 3.52. The first-order chi connectivity index (χ1) is 9.11. The Balaban J connectivity index is 2.03. The van der Waals surface area contributed by atoms with Crippen molar-refractivity contribution in [3.05, 3.63) is 29.0 Å². The number of aryl methyl sites for hydroxylation is 1. The molecule has 0 radical (unpaired) electrons. The summed E-state index contributed by atoms with van der Waals surface area (Å²) in [6, 6.07) is 5.88. The highest BCUT2D eigenvalue weighted by Crippen LogP contribution is 2.31. The molecule has 0 aliphatic heterocycles. The van der Waals surface area contributed by atoms with Crippen LogP contribution in [0, 0.1) is 0 Å². The summed E-state index contributed by atoms with van der Waals surface area (Å²) in [5.41, 5.74) is 8.56. The number of benzene rings is 1. The first-order valence-corrected chi connectivity index (χ1v) is 7.43. The van der Waals surface area contributed by atoms with E-state index in [9.17, 15) is 0 Å². The van der Waals surface area contributed by atoms with Crippen molar-refractivity contribution >= 4 is 22.6 Å². The lowest BCUT2D eigenvalue weighted by molar-refractivity contribution is 0.419. The number of imidazole rings is 1. The molecule has 2 N–H and O–H groups in total. The normalized spacial score (nSPS) is 18.3. The molecule has 1 aliphatic rings. The van der Waals surface area contributed by atoms with Crippen molar-refractivity contribution in [1.82, 2.24) is 9.55 Å². The van der Waals surface area contributed by atoms with Gasteiger partial charge in [-0.1, -0.05) is 24.4 Å². The summed E-state index contributed by atoms with van der Waals surface area (Å²) < 4.78 is 2.24. The van der Waals surface area contributed by atoms with Crippen molar-refractivity contribution in [2.45, 2.75) is 51.1 Å². The van der Waals surface area contributed by atoms with Crippen LogP contribution in [-0.2, 0) is 13.0 Å². The van der Waals surface area contributed by atoms with Crippen LogP contribution in [0.15, 0.2) is 18.2 Å². The molecule has 0 bridgehead atoms. The van der Waals surface area contributed by atoms with E-state index < -0.39 is 0 Å². The Morgan fingerprint density at radius 3 is 2.79 bits per heavy atom. The van der Waals surface area contributed by atoms with Gasteiger partial charge in [0.25, 0.3) is 0 Å². The van der Waals surface area contributed by atoms with Gasteiger partial charge < -0.3 is 10.3 Å². The Morgan fingerprint density at radius 2 is 2.11 bits per heavy atom. The fourth-order valence-electron chi connectivity index (χ4n) is 3.20. The second-order valence-electron chi connectivity index (χ2n) is 5.65. The first-order valence-electron chi connectivity index (χ1n) is 7.05. The van der Waals surface area contributed by atoms with E-state index in [1.165, 1.54) is 12.8 Å². The number of halogens is 1. The minimum Gasteiger partial charge on any atom is -0.328 e. The number of nitrogens with two attached hydrogens (primary N) is 1. The van der Waals surface area contributed by atoms with Crippen molar-refractivity contribution in [3.8, 4) is 0 Å². The fourth-order valence-corrected chi connectivity index (χ4v) is 3.37. The highest BCUT2D eigenvalue weighted by molar-refractivity contribution is 6.31. The van der Waals surface area contributed by atoms with Crippen molar-refractivity contribution in [2.75, 3.05) is 0 Å². The smallest absolute Gasteiger partial charge is 0.111 e. The van der Waals surface area contributed by atoms with Gasteiger partial charge >= 0.3 is 0 Å². The summed E-state index contributed by atoms with van der Waals surface area (Å²) in [6.07, 6.45) is 5.58. The third-order valence-electron chi connectivity index (χ3n) is 4.22. The van der Waals surface area contributed by atoms with Gasteiger partial charge in [-0.2, -0.15) is 0 Å². The lowest BCUT2D eigenvalue weighted by Crippen LogP contribution is -2.39. The van der Waals surface area contributed by atoms with Crippen LogP contribution in [0.3, 0.4) is 0 Å². The lowest BCUT2D eigenvalue weighted by Gasteiger charge is -2.23. The zero-order chi connectivity index (χ0) is 13.5. The van der Waals surface area contributed by atoms with Crippen molar-refractivity contribution < 1.29 is 0 Å². The lowest BCUT2D eigenvalue weighted by atomic mass is 9.94. The fraction of sp³-hybridized carbons (Fsp3) is 0.533. The van der Waals surface area contributed by atoms with E-state index in [0.717, 1.165) is 47.7 Å². The second kappa shape index (κ2) is 4.80. The molecule has 1 aromatic carbocycles. The average molecular weight is 278 g/mol. The maximum atomic E-state index is 6.49. The van der Waals surface area contributed by atoms with Crippen molar-refractivity contribution in [3.63, 3.8) is 0 Å². The molecule has 1 saturated carbocycles. The maximum absolute atomic E-state index is 6.49. The molecular weight excluding hydrogens is 258 g/mol. The Labute approximate surface area is 118 Å². The Bertz CT molecular complexity index is 597. The number of rotatable bonds is 3. The number of nitrogens with zero attached hydrogens (tertiary/aromatic N) is 2. The molecule has 0 unspecified atom stereocenters. The molecule has 3 nitrogen and oxygen atoms in total. The molecule has 0 atom stereocenters. The number of fused-ring (bicyclic) bond motifs is 1. The molecular formula is C15H20ClN3. The predicted molar refractivity (Wildman–Crippen MR) is 79.5 cm³/mol. The zero-order valence-electron chi connectivity index (χ0n) is 11.3. The van der Waals surface area contributed by atoms with Crippen molar-refractivity contribution in [2.24, 2.45) is 5.73 Å². The van der Waals surface area contributed by atoms with E-state index >= 15 is 0 Å². The molecule has 19 heavy (non-hydrogen) atoms. The van der Waals surface area contributed by atoms with Crippen LogP contribution in [0.1, 0.15) is 38.4 Å². The molecule has 1 aromatic heterocycles. The summed E-state index contributed by atoms with van der Waals surface area (Å²) in [4.78, 5) is 4.76. The maximum Gasteiger partial charge on any atom is 0.111 e. The summed E-state index contributed by atoms with van der Waals surface area (Å²) in [6.45, 7) is 3.05. The molecule has 0 amide bonds. The third kappa shape index (κ3) is 2.37. The first kappa shape index (κ1) is 12.9. The van der Waals surface area contributed by atoms with Gasteiger partial charge in [-0.25, -0.2) is 4.98 Å². The van der Waals surface area contributed by atoms with E-state index in [1.54, 1.807) is 0 Å². The van der Waals surface area contributed by atoms with Crippen LogP contribution in [0.25, 0.3) is 11.0 Å². The van der Waals surface area contributed by atoms with E-state index in [-0.39, 0.29) is 5.54 Å².